The summed E-state index contributed by atoms with van der Waals surface area (Å²) < 4.78 is 5.35. The zero-order valence-corrected chi connectivity index (χ0v) is 11.2. The van der Waals surface area contributed by atoms with E-state index in [0.717, 1.165) is 16.0 Å². The van der Waals surface area contributed by atoms with Crippen molar-refractivity contribution in [1.82, 2.24) is 0 Å². The second-order valence-electron chi connectivity index (χ2n) is 3.99. The number of carbonyl (C=O) groups excluding carboxylic acids is 1. The molecule has 0 atom stereocenters. The van der Waals surface area contributed by atoms with E-state index >= 15 is 0 Å². The van der Waals surface area contributed by atoms with E-state index in [1.54, 1.807) is 17.4 Å². The molecule has 3 heteroatoms. The Hall–Kier alpha value is -1.87. The SMILES string of the molecule is Cc1cccc(C)c1OC(=O)/C=C/c1cccs1. The van der Waals surface area contributed by atoms with Crippen LogP contribution in [-0.4, -0.2) is 5.97 Å². The third-order valence-corrected chi connectivity index (χ3v) is 3.38. The average molecular weight is 258 g/mol. The minimum Gasteiger partial charge on any atom is -0.423 e. The van der Waals surface area contributed by atoms with Gasteiger partial charge in [-0.1, -0.05) is 24.3 Å². The van der Waals surface area contributed by atoms with Crippen LogP contribution in [-0.2, 0) is 4.79 Å². The zero-order chi connectivity index (χ0) is 13.0. The van der Waals surface area contributed by atoms with Crippen molar-refractivity contribution in [3.05, 3.63) is 57.8 Å². The molecule has 0 N–H and O–H groups in total. The molecular weight excluding hydrogens is 244 g/mol. The maximum Gasteiger partial charge on any atom is 0.336 e. The van der Waals surface area contributed by atoms with Crippen LogP contribution >= 0.6 is 11.3 Å². The largest absolute Gasteiger partial charge is 0.423 e. The number of para-hydroxylation sites is 1. The van der Waals surface area contributed by atoms with Gasteiger partial charge in [0, 0.05) is 11.0 Å². The molecule has 0 aliphatic rings. The van der Waals surface area contributed by atoms with Crippen molar-refractivity contribution in [3.8, 4) is 5.75 Å². The molecule has 0 aliphatic carbocycles. The summed E-state index contributed by atoms with van der Waals surface area (Å²) in [6, 6.07) is 9.70. The molecule has 0 unspecified atom stereocenters. The molecule has 0 amide bonds. The first-order valence-corrected chi connectivity index (χ1v) is 6.54. The Morgan fingerprint density at radius 1 is 1.17 bits per heavy atom. The lowest BCUT2D eigenvalue weighted by Gasteiger charge is -2.08. The summed E-state index contributed by atoms with van der Waals surface area (Å²) in [4.78, 5) is 12.7. The van der Waals surface area contributed by atoms with Gasteiger partial charge in [0.05, 0.1) is 0 Å². The van der Waals surface area contributed by atoms with Crippen LogP contribution in [0.3, 0.4) is 0 Å². The van der Waals surface area contributed by atoms with Gasteiger partial charge in [0.15, 0.2) is 0 Å². The fourth-order valence-corrected chi connectivity index (χ4v) is 2.25. The smallest absolute Gasteiger partial charge is 0.336 e. The predicted molar refractivity (Wildman–Crippen MR) is 74.9 cm³/mol. The Morgan fingerprint density at radius 2 is 1.89 bits per heavy atom. The summed E-state index contributed by atoms with van der Waals surface area (Å²) in [5, 5.41) is 1.97. The number of aryl methyl sites for hydroxylation is 2. The van der Waals surface area contributed by atoms with Crippen LogP contribution in [0.1, 0.15) is 16.0 Å². The van der Waals surface area contributed by atoms with Crippen LogP contribution in [0.5, 0.6) is 5.75 Å². The number of hydrogen-bond donors (Lipinski definition) is 0. The number of benzene rings is 1. The standard InChI is InChI=1S/C15H14O2S/c1-11-5-3-6-12(2)15(11)17-14(16)9-8-13-7-4-10-18-13/h3-10H,1-2H3/b9-8+. The third kappa shape index (κ3) is 3.08. The first kappa shape index (κ1) is 12.6. The molecule has 2 rings (SSSR count). The Balaban J connectivity index is 2.08. The first-order valence-electron chi connectivity index (χ1n) is 5.66. The topological polar surface area (TPSA) is 26.3 Å². The molecule has 0 aliphatic heterocycles. The van der Waals surface area contributed by atoms with Crippen LogP contribution in [0, 0.1) is 13.8 Å². The first-order chi connectivity index (χ1) is 8.66. The van der Waals surface area contributed by atoms with Crippen LogP contribution in [0.25, 0.3) is 6.08 Å². The van der Waals surface area contributed by atoms with E-state index in [0.29, 0.717) is 5.75 Å². The van der Waals surface area contributed by atoms with Crippen LogP contribution in [0.2, 0.25) is 0 Å². The zero-order valence-electron chi connectivity index (χ0n) is 10.3. The van der Waals surface area contributed by atoms with Gasteiger partial charge in [-0.2, -0.15) is 0 Å². The number of carbonyl (C=O) groups is 1. The lowest BCUT2D eigenvalue weighted by Crippen LogP contribution is -2.06. The minimum atomic E-state index is -0.346. The maximum absolute atomic E-state index is 11.7. The molecule has 1 aromatic carbocycles. The molecule has 92 valence electrons. The number of thiophene rings is 1. The number of ether oxygens (including phenoxy) is 1. The van der Waals surface area contributed by atoms with Crippen molar-refractivity contribution in [3.63, 3.8) is 0 Å². The summed E-state index contributed by atoms with van der Waals surface area (Å²) in [5.74, 6) is 0.305. The molecule has 0 spiro atoms. The Labute approximate surface area is 111 Å². The Morgan fingerprint density at radius 3 is 2.50 bits per heavy atom. The highest BCUT2D eigenvalue weighted by Crippen LogP contribution is 2.22. The Bertz CT molecular complexity index is 548. The predicted octanol–water partition coefficient (Wildman–Crippen LogP) is 3.98. The summed E-state index contributed by atoms with van der Waals surface area (Å²) in [7, 11) is 0. The molecule has 2 aromatic rings. The molecule has 18 heavy (non-hydrogen) atoms. The number of rotatable bonds is 3. The van der Waals surface area contributed by atoms with E-state index in [4.69, 9.17) is 4.74 Å². The van der Waals surface area contributed by atoms with E-state index in [1.807, 2.05) is 49.6 Å². The van der Waals surface area contributed by atoms with Crippen molar-refractivity contribution in [2.24, 2.45) is 0 Å². The molecule has 0 radical (unpaired) electrons. The van der Waals surface area contributed by atoms with E-state index < -0.39 is 0 Å². The van der Waals surface area contributed by atoms with Gasteiger partial charge in [0.25, 0.3) is 0 Å². The average Bonchev–Trinajstić information content (AvgIpc) is 2.84. The summed E-state index contributed by atoms with van der Waals surface area (Å²) in [6.45, 7) is 3.86. The monoisotopic (exact) mass is 258 g/mol. The van der Waals surface area contributed by atoms with Crippen molar-refractivity contribution in [1.29, 1.82) is 0 Å². The highest BCUT2D eigenvalue weighted by molar-refractivity contribution is 7.10. The van der Waals surface area contributed by atoms with Gasteiger partial charge >= 0.3 is 5.97 Å². The maximum atomic E-state index is 11.7. The quantitative estimate of drug-likeness (QED) is 0.473. The van der Waals surface area contributed by atoms with Crippen molar-refractivity contribution < 1.29 is 9.53 Å². The van der Waals surface area contributed by atoms with Crippen LogP contribution in [0.15, 0.2) is 41.8 Å². The highest BCUT2D eigenvalue weighted by atomic mass is 32.1. The summed E-state index contributed by atoms with van der Waals surface area (Å²) >= 11 is 1.58. The van der Waals surface area contributed by atoms with Gasteiger partial charge in [0.2, 0.25) is 0 Å². The lowest BCUT2D eigenvalue weighted by atomic mass is 10.1. The van der Waals surface area contributed by atoms with E-state index in [-0.39, 0.29) is 5.97 Å². The molecule has 0 saturated carbocycles. The molecule has 1 heterocycles. The van der Waals surface area contributed by atoms with Gasteiger partial charge in [0.1, 0.15) is 5.75 Å². The molecule has 0 fully saturated rings. The molecule has 0 saturated heterocycles. The van der Waals surface area contributed by atoms with Gasteiger partial charge in [-0.15, -0.1) is 11.3 Å². The van der Waals surface area contributed by atoms with Gasteiger partial charge in [-0.25, -0.2) is 4.79 Å². The third-order valence-electron chi connectivity index (χ3n) is 2.54. The van der Waals surface area contributed by atoms with E-state index in [9.17, 15) is 4.79 Å². The Kier molecular flexibility index (Phi) is 3.95. The second-order valence-corrected chi connectivity index (χ2v) is 4.97. The summed E-state index contributed by atoms with van der Waals surface area (Å²) in [6.07, 6.45) is 3.22. The fraction of sp³-hybridized carbons (Fsp3) is 0.133. The number of hydrogen-bond acceptors (Lipinski definition) is 3. The molecule has 1 aromatic heterocycles. The van der Waals surface area contributed by atoms with Gasteiger partial charge in [-0.05, 0) is 42.5 Å². The normalized spacial score (nSPS) is 10.8. The van der Waals surface area contributed by atoms with Gasteiger partial charge < -0.3 is 4.74 Å². The van der Waals surface area contributed by atoms with Crippen molar-refractivity contribution >= 4 is 23.4 Å². The van der Waals surface area contributed by atoms with Crippen LogP contribution < -0.4 is 4.74 Å². The molecular formula is C15H14O2S. The molecule has 0 bridgehead atoms. The molecule has 2 nitrogen and oxygen atoms in total. The fourth-order valence-electron chi connectivity index (χ4n) is 1.63. The highest BCUT2D eigenvalue weighted by Gasteiger charge is 2.06. The van der Waals surface area contributed by atoms with Crippen molar-refractivity contribution in [2.45, 2.75) is 13.8 Å². The van der Waals surface area contributed by atoms with Gasteiger partial charge in [-0.3, -0.25) is 0 Å². The minimum absolute atomic E-state index is 0.346. The van der Waals surface area contributed by atoms with Crippen molar-refractivity contribution in [2.75, 3.05) is 0 Å². The summed E-state index contributed by atoms with van der Waals surface area (Å²) in [5.41, 5.74) is 1.93. The second kappa shape index (κ2) is 5.65. The number of esters is 1. The van der Waals surface area contributed by atoms with E-state index in [2.05, 4.69) is 0 Å². The van der Waals surface area contributed by atoms with E-state index in [1.165, 1.54) is 6.08 Å². The van der Waals surface area contributed by atoms with Crippen LogP contribution in [0.4, 0.5) is 0 Å². The lowest BCUT2D eigenvalue weighted by molar-refractivity contribution is -0.129.